The molecule has 0 atom stereocenters. The highest BCUT2D eigenvalue weighted by molar-refractivity contribution is 6.33. The Morgan fingerprint density at radius 1 is 1.12 bits per heavy atom. The number of pyridine rings is 1. The van der Waals surface area contributed by atoms with Crippen molar-refractivity contribution >= 4 is 11.6 Å². The molecule has 1 nitrogen and oxygen atoms in total. The summed E-state index contributed by atoms with van der Waals surface area (Å²) in [5, 5.41) is 0.782. The number of hydrogen-bond donors (Lipinski definition) is 0. The second kappa shape index (κ2) is 5.13. The summed E-state index contributed by atoms with van der Waals surface area (Å²) in [6.07, 6.45) is 3.95. The quantitative estimate of drug-likeness (QED) is 0.765. The Morgan fingerprint density at radius 3 is 2.69 bits per heavy atom. The minimum absolute atomic E-state index is 0.782. The molecular weight excluding hydrogens is 218 g/mol. The predicted molar refractivity (Wildman–Crippen MR) is 68.7 cm³/mol. The first-order chi connectivity index (χ1) is 7.83. The Kier molecular flexibility index (Phi) is 3.58. The van der Waals surface area contributed by atoms with Crippen LogP contribution < -0.4 is 0 Å². The van der Waals surface area contributed by atoms with Crippen molar-refractivity contribution < 1.29 is 0 Å². The van der Waals surface area contributed by atoms with E-state index >= 15 is 0 Å². The molecule has 0 N–H and O–H groups in total. The molecule has 0 radical (unpaired) electrons. The average molecular weight is 232 g/mol. The molecule has 0 aliphatic heterocycles. The Bertz CT molecular complexity index is 465. The molecule has 0 aliphatic rings. The van der Waals surface area contributed by atoms with Crippen LogP contribution in [0.25, 0.3) is 11.3 Å². The molecule has 0 bridgehead atoms. The number of halogens is 1. The minimum atomic E-state index is 0.782. The van der Waals surface area contributed by atoms with Crippen LogP contribution in [0.4, 0.5) is 0 Å². The molecular formula is C14H14ClN. The lowest BCUT2D eigenvalue weighted by atomic mass is 10.0. The second-order valence-corrected chi connectivity index (χ2v) is 4.15. The Balaban J connectivity index is 2.54. The van der Waals surface area contributed by atoms with Crippen molar-refractivity contribution in [3.05, 3.63) is 53.2 Å². The van der Waals surface area contributed by atoms with Crippen LogP contribution in [0.2, 0.25) is 5.02 Å². The van der Waals surface area contributed by atoms with Gasteiger partial charge in [-0.15, -0.1) is 0 Å². The molecule has 0 unspecified atom stereocenters. The Hall–Kier alpha value is -1.34. The summed E-state index contributed by atoms with van der Waals surface area (Å²) in [5.41, 5.74) is 3.30. The molecule has 0 saturated heterocycles. The van der Waals surface area contributed by atoms with Crippen LogP contribution >= 0.6 is 11.6 Å². The smallest absolute Gasteiger partial charge is 0.0719 e. The van der Waals surface area contributed by atoms with Gasteiger partial charge in [0.2, 0.25) is 0 Å². The van der Waals surface area contributed by atoms with Gasteiger partial charge in [-0.25, -0.2) is 0 Å². The van der Waals surface area contributed by atoms with Gasteiger partial charge in [-0.2, -0.15) is 0 Å². The molecule has 0 fully saturated rings. The van der Waals surface area contributed by atoms with Crippen molar-refractivity contribution in [1.82, 2.24) is 4.98 Å². The number of nitrogens with zero attached hydrogens (tertiary/aromatic N) is 1. The summed E-state index contributed by atoms with van der Waals surface area (Å²) in [4.78, 5) is 4.37. The van der Waals surface area contributed by atoms with Gasteiger partial charge in [0.1, 0.15) is 0 Å². The van der Waals surface area contributed by atoms with Crippen LogP contribution in [0.5, 0.6) is 0 Å². The third-order valence-electron chi connectivity index (χ3n) is 2.54. The van der Waals surface area contributed by atoms with E-state index in [2.05, 4.69) is 18.0 Å². The van der Waals surface area contributed by atoms with Gasteiger partial charge in [0.05, 0.1) is 10.7 Å². The van der Waals surface area contributed by atoms with Gasteiger partial charge in [0.15, 0.2) is 0 Å². The number of benzene rings is 1. The number of aryl methyl sites for hydroxylation is 1. The van der Waals surface area contributed by atoms with Crippen molar-refractivity contribution in [2.45, 2.75) is 19.8 Å². The fraction of sp³-hybridized carbons (Fsp3) is 0.214. The molecule has 2 rings (SSSR count). The van der Waals surface area contributed by atoms with E-state index in [1.807, 2.05) is 30.3 Å². The fourth-order valence-corrected chi connectivity index (χ4v) is 2.13. The topological polar surface area (TPSA) is 12.9 Å². The SMILES string of the molecule is CCCc1cccc(Cl)c1-c1ccccn1. The molecule has 0 amide bonds. The normalized spacial score (nSPS) is 10.4. The lowest BCUT2D eigenvalue weighted by Crippen LogP contribution is -1.92. The van der Waals surface area contributed by atoms with Gasteiger partial charge >= 0.3 is 0 Å². The Morgan fingerprint density at radius 2 is 2.00 bits per heavy atom. The van der Waals surface area contributed by atoms with E-state index < -0.39 is 0 Å². The third kappa shape index (κ3) is 2.25. The number of aromatic nitrogens is 1. The van der Waals surface area contributed by atoms with Crippen LogP contribution in [0.15, 0.2) is 42.6 Å². The van der Waals surface area contributed by atoms with E-state index in [1.54, 1.807) is 6.20 Å². The van der Waals surface area contributed by atoms with Crippen molar-refractivity contribution in [2.75, 3.05) is 0 Å². The van der Waals surface area contributed by atoms with Crippen LogP contribution in [-0.4, -0.2) is 4.98 Å². The second-order valence-electron chi connectivity index (χ2n) is 3.74. The van der Waals surface area contributed by atoms with Crippen molar-refractivity contribution in [3.63, 3.8) is 0 Å². The third-order valence-corrected chi connectivity index (χ3v) is 2.86. The van der Waals surface area contributed by atoms with Gasteiger partial charge < -0.3 is 0 Å². The highest BCUT2D eigenvalue weighted by Gasteiger charge is 2.09. The molecule has 1 aromatic carbocycles. The largest absolute Gasteiger partial charge is 0.256 e. The summed E-state index contributed by atoms with van der Waals surface area (Å²) in [5.74, 6) is 0. The number of rotatable bonds is 3. The van der Waals surface area contributed by atoms with E-state index in [4.69, 9.17) is 11.6 Å². The zero-order valence-corrected chi connectivity index (χ0v) is 10.0. The predicted octanol–water partition coefficient (Wildman–Crippen LogP) is 4.35. The lowest BCUT2D eigenvalue weighted by molar-refractivity contribution is 0.922. The molecule has 0 spiro atoms. The molecule has 1 aromatic heterocycles. The summed E-state index contributed by atoms with van der Waals surface area (Å²) >= 11 is 6.26. The maximum absolute atomic E-state index is 6.26. The van der Waals surface area contributed by atoms with Crippen LogP contribution in [-0.2, 0) is 6.42 Å². The fourth-order valence-electron chi connectivity index (χ4n) is 1.84. The summed E-state index contributed by atoms with van der Waals surface area (Å²) < 4.78 is 0. The van der Waals surface area contributed by atoms with Crippen LogP contribution in [0.3, 0.4) is 0 Å². The van der Waals surface area contributed by atoms with Gasteiger partial charge in [0, 0.05) is 11.8 Å². The van der Waals surface area contributed by atoms with Gasteiger partial charge in [-0.05, 0) is 30.2 Å². The summed E-state index contributed by atoms with van der Waals surface area (Å²) in [6.45, 7) is 2.17. The van der Waals surface area contributed by atoms with Crippen molar-refractivity contribution in [2.24, 2.45) is 0 Å². The Labute approximate surface area is 101 Å². The molecule has 0 aliphatic carbocycles. The first-order valence-electron chi connectivity index (χ1n) is 5.51. The molecule has 1 heterocycles. The van der Waals surface area contributed by atoms with Crippen LogP contribution in [0.1, 0.15) is 18.9 Å². The van der Waals surface area contributed by atoms with Crippen LogP contribution in [0, 0.1) is 0 Å². The maximum atomic E-state index is 6.26. The monoisotopic (exact) mass is 231 g/mol. The first-order valence-corrected chi connectivity index (χ1v) is 5.89. The van der Waals surface area contributed by atoms with Gasteiger partial charge in [-0.3, -0.25) is 4.98 Å². The van der Waals surface area contributed by atoms with E-state index in [-0.39, 0.29) is 0 Å². The lowest BCUT2D eigenvalue weighted by Gasteiger charge is -2.09. The average Bonchev–Trinajstić information content (AvgIpc) is 2.31. The van der Waals surface area contributed by atoms with Crippen molar-refractivity contribution in [1.29, 1.82) is 0 Å². The van der Waals surface area contributed by atoms with Crippen molar-refractivity contribution in [3.8, 4) is 11.3 Å². The standard InChI is InChI=1S/C14H14ClN/c1-2-6-11-7-5-8-12(15)14(11)13-9-3-4-10-16-13/h3-5,7-10H,2,6H2,1H3. The zero-order chi connectivity index (χ0) is 11.4. The van der Waals surface area contributed by atoms with Gasteiger partial charge in [0.25, 0.3) is 0 Å². The highest BCUT2D eigenvalue weighted by atomic mass is 35.5. The van der Waals surface area contributed by atoms with E-state index in [9.17, 15) is 0 Å². The first kappa shape index (κ1) is 11.2. The maximum Gasteiger partial charge on any atom is 0.0719 e. The van der Waals surface area contributed by atoms with E-state index in [0.717, 1.165) is 29.1 Å². The zero-order valence-electron chi connectivity index (χ0n) is 9.28. The molecule has 16 heavy (non-hydrogen) atoms. The summed E-state index contributed by atoms with van der Waals surface area (Å²) in [7, 11) is 0. The van der Waals surface area contributed by atoms with Gasteiger partial charge in [-0.1, -0.05) is 43.1 Å². The van der Waals surface area contributed by atoms with E-state index in [0.29, 0.717) is 0 Å². The highest BCUT2D eigenvalue weighted by Crippen LogP contribution is 2.30. The number of hydrogen-bond acceptors (Lipinski definition) is 1. The molecule has 2 heteroatoms. The molecule has 82 valence electrons. The molecule has 0 saturated carbocycles. The van der Waals surface area contributed by atoms with E-state index in [1.165, 1.54) is 5.56 Å². The minimum Gasteiger partial charge on any atom is -0.256 e. The molecule has 2 aromatic rings. The summed E-state index contributed by atoms with van der Waals surface area (Å²) in [6, 6.07) is 11.9.